The molecule has 1 atom stereocenters. The van der Waals surface area contributed by atoms with Gasteiger partial charge >= 0.3 is 0 Å². The molecule has 2 aromatic rings. The van der Waals surface area contributed by atoms with Crippen LogP contribution in [-0.2, 0) is 0 Å². The fourth-order valence-corrected chi connectivity index (χ4v) is 4.26. The van der Waals surface area contributed by atoms with Crippen molar-refractivity contribution in [3.63, 3.8) is 0 Å². The molecule has 2 aromatic heterocycles. The minimum Gasteiger partial charge on any atom is -0.468 e. The van der Waals surface area contributed by atoms with Gasteiger partial charge in [0.25, 0.3) is 5.91 Å². The number of rotatable bonds is 7. The maximum absolute atomic E-state index is 13.0. The van der Waals surface area contributed by atoms with Crippen molar-refractivity contribution in [2.24, 2.45) is 0 Å². The van der Waals surface area contributed by atoms with E-state index in [1.807, 2.05) is 25.3 Å². The first-order valence-corrected chi connectivity index (χ1v) is 11.2. The van der Waals surface area contributed by atoms with Gasteiger partial charge in [0, 0.05) is 12.5 Å². The molecule has 0 saturated carbocycles. The van der Waals surface area contributed by atoms with E-state index in [1.54, 1.807) is 6.26 Å². The van der Waals surface area contributed by atoms with Crippen molar-refractivity contribution in [1.82, 2.24) is 20.2 Å². The largest absolute Gasteiger partial charge is 0.468 e. The second-order valence-corrected chi connectivity index (χ2v) is 8.34. The second kappa shape index (κ2) is 9.56. The molecule has 0 radical (unpaired) electrons. The summed E-state index contributed by atoms with van der Waals surface area (Å²) in [6.07, 6.45) is 7.28. The number of carbonyl (C=O) groups excluding carboxylic acids is 1. The van der Waals surface area contributed by atoms with E-state index in [9.17, 15) is 4.79 Å². The van der Waals surface area contributed by atoms with E-state index in [-0.39, 0.29) is 17.9 Å². The minimum atomic E-state index is -0.120. The lowest BCUT2D eigenvalue weighted by atomic mass is 10.1. The van der Waals surface area contributed by atoms with E-state index in [1.165, 1.54) is 31.0 Å². The zero-order valence-corrected chi connectivity index (χ0v) is 18.0. The molecule has 152 valence electrons. The normalized spacial score (nSPS) is 16.3. The summed E-state index contributed by atoms with van der Waals surface area (Å²) in [6.45, 7) is 8.57. The highest BCUT2D eigenvalue weighted by Crippen LogP contribution is 2.26. The Morgan fingerprint density at radius 2 is 2.04 bits per heavy atom. The summed E-state index contributed by atoms with van der Waals surface area (Å²) < 4.78 is 5.68. The molecule has 1 aliphatic rings. The highest BCUT2D eigenvalue weighted by molar-refractivity contribution is 7.98. The van der Waals surface area contributed by atoms with Gasteiger partial charge in [0.1, 0.15) is 16.6 Å². The molecular weight excluding hydrogens is 372 g/mol. The Bertz CT molecular complexity index is 786. The minimum absolute atomic E-state index is 0.0492. The number of likely N-dealkylation sites (tertiary alicyclic amines) is 1. The fraction of sp³-hybridized carbons (Fsp3) is 0.571. The molecule has 6 nitrogen and oxygen atoms in total. The van der Waals surface area contributed by atoms with Crippen molar-refractivity contribution in [1.29, 1.82) is 0 Å². The van der Waals surface area contributed by atoms with E-state index in [4.69, 9.17) is 4.42 Å². The Kier molecular flexibility index (Phi) is 7.13. The van der Waals surface area contributed by atoms with E-state index < -0.39 is 0 Å². The number of furan rings is 1. The molecule has 0 bridgehead atoms. The van der Waals surface area contributed by atoms with E-state index in [0.717, 1.165) is 35.4 Å². The zero-order chi connectivity index (χ0) is 20.1. The Morgan fingerprint density at radius 1 is 1.29 bits per heavy atom. The summed E-state index contributed by atoms with van der Waals surface area (Å²) in [5.74, 6) is 1.78. The lowest BCUT2D eigenvalue weighted by molar-refractivity contribution is 0.0909. The zero-order valence-electron chi connectivity index (χ0n) is 17.2. The topological polar surface area (TPSA) is 71.3 Å². The van der Waals surface area contributed by atoms with Crippen LogP contribution in [-0.4, -0.2) is 46.7 Å². The highest BCUT2D eigenvalue weighted by atomic mass is 32.2. The van der Waals surface area contributed by atoms with Crippen LogP contribution in [0.5, 0.6) is 0 Å². The van der Waals surface area contributed by atoms with Gasteiger partial charge in [-0.05, 0) is 51.2 Å². The molecule has 1 amide bonds. The van der Waals surface area contributed by atoms with Crippen LogP contribution < -0.4 is 5.32 Å². The molecular formula is C21H30N4O2S. The predicted molar refractivity (Wildman–Crippen MR) is 112 cm³/mol. The number of piperidine rings is 1. The maximum atomic E-state index is 13.0. The summed E-state index contributed by atoms with van der Waals surface area (Å²) in [6, 6.07) is 3.95. The predicted octanol–water partition coefficient (Wildman–Crippen LogP) is 4.18. The lowest BCUT2D eigenvalue weighted by Crippen LogP contribution is -2.40. The summed E-state index contributed by atoms with van der Waals surface area (Å²) in [7, 11) is 0. The number of amides is 1. The van der Waals surface area contributed by atoms with Gasteiger partial charge in [-0.3, -0.25) is 9.69 Å². The number of carbonyl (C=O) groups is 1. The molecule has 0 spiro atoms. The third kappa shape index (κ3) is 4.75. The second-order valence-electron chi connectivity index (χ2n) is 7.54. The van der Waals surface area contributed by atoms with Crippen molar-refractivity contribution >= 4 is 17.7 Å². The van der Waals surface area contributed by atoms with E-state index in [0.29, 0.717) is 12.1 Å². The third-order valence-electron chi connectivity index (χ3n) is 5.17. The molecule has 3 heterocycles. The van der Waals surface area contributed by atoms with Crippen LogP contribution in [0.4, 0.5) is 0 Å². The van der Waals surface area contributed by atoms with Crippen LogP contribution >= 0.6 is 11.8 Å². The van der Waals surface area contributed by atoms with E-state index >= 15 is 0 Å². The van der Waals surface area contributed by atoms with Crippen LogP contribution in [0.25, 0.3) is 0 Å². The molecule has 28 heavy (non-hydrogen) atoms. The molecule has 1 aliphatic heterocycles. The fourth-order valence-electron chi connectivity index (χ4n) is 3.63. The van der Waals surface area contributed by atoms with Crippen molar-refractivity contribution in [3.8, 4) is 0 Å². The number of hydrogen-bond acceptors (Lipinski definition) is 6. The van der Waals surface area contributed by atoms with Gasteiger partial charge in [0.15, 0.2) is 0 Å². The van der Waals surface area contributed by atoms with Crippen LogP contribution in [0.1, 0.15) is 72.7 Å². The van der Waals surface area contributed by atoms with Gasteiger partial charge in [-0.25, -0.2) is 9.97 Å². The summed E-state index contributed by atoms with van der Waals surface area (Å²) in [4.78, 5) is 24.6. The average molecular weight is 403 g/mol. The first kappa shape index (κ1) is 20.9. The monoisotopic (exact) mass is 402 g/mol. The van der Waals surface area contributed by atoms with Gasteiger partial charge < -0.3 is 9.73 Å². The van der Waals surface area contributed by atoms with E-state index in [2.05, 4.69) is 34.0 Å². The van der Waals surface area contributed by atoms with Crippen LogP contribution in [0.2, 0.25) is 0 Å². The summed E-state index contributed by atoms with van der Waals surface area (Å²) >= 11 is 1.49. The van der Waals surface area contributed by atoms with Crippen LogP contribution in [0.15, 0.2) is 27.8 Å². The SMILES string of the molecule is CSc1nc(C(C)C)nc(C)c1C(=O)NCC(c1ccco1)N1CCCCC1. The van der Waals surface area contributed by atoms with Crippen molar-refractivity contribution in [2.45, 2.75) is 57.0 Å². The Morgan fingerprint density at radius 3 is 2.64 bits per heavy atom. The van der Waals surface area contributed by atoms with Crippen molar-refractivity contribution < 1.29 is 9.21 Å². The van der Waals surface area contributed by atoms with Gasteiger partial charge in [-0.1, -0.05) is 20.3 Å². The summed E-state index contributed by atoms with van der Waals surface area (Å²) in [5.41, 5.74) is 1.31. The number of thioether (sulfide) groups is 1. The number of nitrogens with one attached hydrogen (secondary N) is 1. The Balaban J connectivity index is 1.78. The quantitative estimate of drug-likeness (QED) is 0.553. The highest BCUT2D eigenvalue weighted by Gasteiger charge is 2.26. The molecule has 1 saturated heterocycles. The van der Waals surface area contributed by atoms with Gasteiger partial charge in [-0.2, -0.15) is 0 Å². The van der Waals surface area contributed by atoms with Crippen molar-refractivity contribution in [3.05, 3.63) is 41.2 Å². The third-order valence-corrected chi connectivity index (χ3v) is 5.85. The standard InChI is InChI=1S/C21H30N4O2S/c1-14(2)19-23-15(3)18(21(24-19)28-4)20(26)22-13-16(17-9-8-12-27-17)25-10-6-5-7-11-25/h8-9,12,14,16H,5-7,10-11,13H2,1-4H3,(H,22,26). The summed E-state index contributed by atoms with van der Waals surface area (Å²) in [5, 5.41) is 3.85. The van der Waals surface area contributed by atoms with Gasteiger partial charge in [-0.15, -0.1) is 11.8 Å². The average Bonchev–Trinajstić information content (AvgIpc) is 3.22. The molecule has 1 unspecified atom stereocenters. The number of aromatic nitrogens is 2. The Hall–Kier alpha value is -1.86. The smallest absolute Gasteiger partial charge is 0.255 e. The molecule has 0 aliphatic carbocycles. The molecule has 1 fully saturated rings. The first-order valence-electron chi connectivity index (χ1n) is 9.99. The maximum Gasteiger partial charge on any atom is 0.255 e. The molecule has 0 aromatic carbocycles. The van der Waals surface area contributed by atoms with Gasteiger partial charge in [0.05, 0.1) is 23.6 Å². The molecule has 7 heteroatoms. The Labute approximate surface area is 171 Å². The molecule has 3 rings (SSSR count). The lowest BCUT2D eigenvalue weighted by Gasteiger charge is -2.33. The van der Waals surface area contributed by atoms with Crippen LogP contribution in [0.3, 0.4) is 0 Å². The number of nitrogens with zero attached hydrogens (tertiary/aromatic N) is 3. The molecule has 1 N–H and O–H groups in total. The van der Waals surface area contributed by atoms with Crippen molar-refractivity contribution in [2.75, 3.05) is 25.9 Å². The number of aryl methyl sites for hydroxylation is 1. The number of hydrogen-bond donors (Lipinski definition) is 1. The van der Waals surface area contributed by atoms with Gasteiger partial charge in [0.2, 0.25) is 0 Å². The van der Waals surface area contributed by atoms with Crippen LogP contribution in [0, 0.1) is 6.92 Å². The first-order chi connectivity index (χ1) is 13.5.